The molecule has 4 nitrogen and oxygen atoms in total. The summed E-state index contributed by atoms with van der Waals surface area (Å²) in [6.07, 6.45) is 0. The molecule has 0 atom stereocenters. The molecule has 0 unspecified atom stereocenters. The molecule has 1 heterocycles. The Kier molecular flexibility index (Phi) is 3.39. The molecule has 0 saturated heterocycles. The minimum Gasteiger partial charge on any atom is -0.455 e. The van der Waals surface area contributed by atoms with Gasteiger partial charge in [0, 0.05) is 23.5 Å². The van der Waals surface area contributed by atoms with E-state index < -0.39 is 0 Å². The summed E-state index contributed by atoms with van der Waals surface area (Å²) < 4.78 is 5.83. The number of benzene rings is 1. The number of nitrogen functional groups attached to an aromatic ring is 1. The van der Waals surface area contributed by atoms with Crippen molar-refractivity contribution in [3.63, 3.8) is 0 Å². The Balaban J connectivity index is 2.49. The Labute approximate surface area is 112 Å². The summed E-state index contributed by atoms with van der Waals surface area (Å²) in [5.41, 5.74) is 9.27. The minimum atomic E-state index is 0.451. The summed E-state index contributed by atoms with van der Waals surface area (Å²) in [6, 6.07) is 9.34. The largest absolute Gasteiger partial charge is 0.455 e. The first kappa shape index (κ1) is 12.9. The second kappa shape index (κ2) is 4.99. The molecule has 0 aliphatic heterocycles. The lowest BCUT2D eigenvalue weighted by Crippen LogP contribution is -1.97. The number of pyridine rings is 1. The first-order valence-corrected chi connectivity index (χ1v) is 5.93. The summed E-state index contributed by atoms with van der Waals surface area (Å²) in [5.74, 6) is 1.17. The van der Waals surface area contributed by atoms with Crippen LogP contribution in [0, 0.1) is 32.1 Å². The van der Waals surface area contributed by atoms with Crippen LogP contribution in [0.1, 0.15) is 22.5 Å². The van der Waals surface area contributed by atoms with Gasteiger partial charge in [-0.25, -0.2) is 0 Å². The van der Waals surface area contributed by atoms with Crippen LogP contribution in [-0.4, -0.2) is 4.98 Å². The predicted octanol–water partition coefficient (Wildman–Crippen LogP) is 3.25. The molecule has 0 spiro atoms. The number of anilines is 1. The number of rotatable bonds is 2. The van der Waals surface area contributed by atoms with Crippen LogP contribution < -0.4 is 10.5 Å². The topological polar surface area (TPSA) is 71.9 Å². The molecule has 2 N–H and O–H groups in total. The molecule has 1 aromatic carbocycles. The van der Waals surface area contributed by atoms with E-state index >= 15 is 0 Å². The zero-order valence-electron chi connectivity index (χ0n) is 11.2. The summed E-state index contributed by atoms with van der Waals surface area (Å²) in [5, 5.41) is 9.20. The number of aromatic nitrogens is 1. The molecule has 2 rings (SSSR count). The van der Waals surface area contributed by atoms with Crippen LogP contribution in [0.4, 0.5) is 5.69 Å². The molecule has 2 aromatic rings. The first-order valence-electron chi connectivity index (χ1n) is 5.93. The van der Waals surface area contributed by atoms with Crippen LogP contribution in [0.25, 0.3) is 0 Å². The van der Waals surface area contributed by atoms with E-state index in [2.05, 4.69) is 11.1 Å². The zero-order valence-corrected chi connectivity index (χ0v) is 11.2. The third-order valence-corrected chi connectivity index (χ3v) is 2.84. The van der Waals surface area contributed by atoms with Crippen LogP contribution in [-0.2, 0) is 0 Å². The molecule has 1 aromatic heterocycles. The van der Waals surface area contributed by atoms with E-state index in [1.54, 1.807) is 19.1 Å². The third kappa shape index (κ3) is 2.66. The third-order valence-electron chi connectivity index (χ3n) is 2.84. The highest BCUT2D eigenvalue weighted by Crippen LogP contribution is 2.30. The molecule has 96 valence electrons. The van der Waals surface area contributed by atoms with Gasteiger partial charge in [0.05, 0.1) is 5.69 Å². The molecule has 0 aliphatic rings. The van der Waals surface area contributed by atoms with Gasteiger partial charge in [-0.05, 0) is 32.4 Å². The van der Waals surface area contributed by atoms with Gasteiger partial charge in [0.15, 0.2) is 0 Å². The van der Waals surface area contributed by atoms with Crippen LogP contribution in [0.5, 0.6) is 11.5 Å². The molecule has 0 aliphatic carbocycles. The Morgan fingerprint density at radius 2 is 1.89 bits per heavy atom. The van der Waals surface area contributed by atoms with Gasteiger partial charge in [-0.3, -0.25) is 4.98 Å². The second-order valence-electron chi connectivity index (χ2n) is 4.46. The highest BCUT2D eigenvalue weighted by molar-refractivity contribution is 5.53. The molecule has 0 bridgehead atoms. The summed E-state index contributed by atoms with van der Waals surface area (Å²) in [7, 11) is 0. The summed E-state index contributed by atoms with van der Waals surface area (Å²) in [6.45, 7) is 5.60. The lowest BCUT2D eigenvalue weighted by Gasteiger charge is -2.12. The van der Waals surface area contributed by atoms with Gasteiger partial charge in [0.25, 0.3) is 0 Å². The normalized spacial score (nSPS) is 10.0. The molecule has 0 fully saturated rings. The van der Waals surface area contributed by atoms with Gasteiger partial charge in [0.1, 0.15) is 23.1 Å². The van der Waals surface area contributed by atoms with Crippen molar-refractivity contribution in [2.45, 2.75) is 20.8 Å². The molecule has 19 heavy (non-hydrogen) atoms. The summed E-state index contributed by atoms with van der Waals surface area (Å²) in [4.78, 5) is 4.26. The fourth-order valence-electron chi connectivity index (χ4n) is 1.85. The summed E-state index contributed by atoms with van der Waals surface area (Å²) >= 11 is 0. The SMILES string of the molecule is Cc1cc(Oc2cc(N)ccc2C)c(C#N)c(C)n1. The Morgan fingerprint density at radius 1 is 1.16 bits per heavy atom. The fourth-order valence-corrected chi connectivity index (χ4v) is 1.85. The van der Waals surface area contributed by atoms with E-state index in [1.807, 2.05) is 26.0 Å². The van der Waals surface area contributed by atoms with Crippen molar-refractivity contribution in [3.8, 4) is 17.6 Å². The number of ether oxygens (including phenoxy) is 1. The highest BCUT2D eigenvalue weighted by Gasteiger charge is 2.11. The monoisotopic (exact) mass is 253 g/mol. The van der Waals surface area contributed by atoms with E-state index in [9.17, 15) is 5.26 Å². The number of nitrogens with zero attached hydrogens (tertiary/aromatic N) is 2. The van der Waals surface area contributed by atoms with Crippen molar-refractivity contribution in [3.05, 3.63) is 46.8 Å². The first-order chi connectivity index (χ1) is 9.01. The number of nitriles is 1. The number of hydrogen-bond donors (Lipinski definition) is 1. The standard InChI is InChI=1S/C15H15N3O/c1-9-4-5-12(17)7-14(9)19-15-6-10(2)18-11(3)13(15)8-16/h4-7H,17H2,1-3H3. The maximum absolute atomic E-state index is 9.20. The molecular formula is C15H15N3O. The smallest absolute Gasteiger partial charge is 0.148 e. The molecule has 0 amide bonds. The lowest BCUT2D eigenvalue weighted by molar-refractivity contribution is 0.475. The van der Waals surface area contributed by atoms with Gasteiger partial charge in [-0.1, -0.05) is 6.07 Å². The van der Waals surface area contributed by atoms with Crippen molar-refractivity contribution < 1.29 is 4.74 Å². The van der Waals surface area contributed by atoms with Crippen LogP contribution >= 0.6 is 0 Å². The van der Waals surface area contributed by atoms with Gasteiger partial charge in [0.2, 0.25) is 0 Å². The fraction of sp³-hybridized carbons (Fsp3) is 0.200. The van der Waals surface area contributed by atoms with E-state index in [-0.39, 0.29) is 0 Å². The van der Waals surface area contributed by atoms with Crippen molar-refractivity contribution >= 4 is 5.69 Å². The number of nitrogens with two attached hydrogens (primary N) is 1. The lowest BCUT2D eigenvalue weighted by atomic mass is 10.1. The zero-order chi connectivity index (χ0) is 14.0. The Morgan fingerprint density at radius 3 is 2.58 bits per heavy atom. The molecule has 0 radical (unpaired) electrons. The van der Waals surface area contributed by atoms with Crippen LogP contribution in [0.15, 0.2) is 24.3 Å². The molecule has 4 heteroatoms. The minimum absolute atomic E-state index is 0.451. The molecular weight excluding hydrogens is 238 g/mol. The average Bonchev–Trinajstić information content (AvgIpc) is 2.33. The van der Waals surface area contributed by atoms with E-state index in [0.29, 0.717) is 28.4 Å². The highest BCUT2D eigenvalue weighted by atomic mass is 16.5. The Hall–Kier alpha value is -2.54. The quantitative estimate of drug-likeness (QED) is 0.834. The van der Waals surface area contributed by atoms with Crippen molar-refractivity contribution in [2.24, 2.45) is 0 Å². The van der Waals surface area contributed by atoms with Crippen molar-refractivity contribution in [1.82, 2.24) is 4.98 Å². The van der Waals surface area contributed by atoms with Gasteiger partial charge in [-0.2, -0.15) is 5.26 Å². The van der Waals surface area contributed by atoms with Crippen molar-refractivity contribution in [1.29, 1.82) is 5.26 Å². The second-order valence-corrected chi connectivity index (χ2v) is 4.46. The average molecular weight is 253 g/mol. The Bertz CT molecular complexity index is 672. The van der Waals surface area contributed by atoms with Gasteiger partial charge >= 0.3 is 0 Å². The van der Waals surface area contributed by atoms with E-state index in [1.165, 1.54) is 0 Å². The van der Waals surface area contributed by atoms with E-state index in [0.717, 1.165) is 11.3 Å². The van der Waals surface area contributed by atoms with Crippen molar-refractivity contribution in [2.75, 3.05) is 5.73 Å². The van der Waals surface area contributed by atoms with Crippen LogP contribution in [0.3, 0.4) is 0 Å². The van der Waals surface area contributed by atoms with E-state index in [4.69, 9.17) is 10.5 Å². The maximum atomic E-state index is 9.20. The van der Waals surface area contributed by atoms with Gasteiger partial charge in [-0.15, -0.1) is 0 Å². The molecule has 0 saturated carbocycles. The maximum Gasteiger partial charge on any atom is 0.148 e. The van der Waals surface area contributed by atoms with Crippen LogP contribution in [0.2, 0.25) is 0 Å². The predicted molar refractivity (Wildman–Crippen MR) is 74.1 cm³/mol. The number of aryl methyl sites for hydroxylation is 3. The number of hydrogen-bond acceptors (Lipinski definition) is 4. The van der Waals surface area contributed by atoms with Gasteiger partial charge < -0.3 is 10.5 Å².